The van der Waals surface area contributed by atoms with Crippen molar-refractivity contribution in [1.29, 1.82) is 0 Å². The Labute approximate surface area is 199 Å². The Morgan fingerprint density at radius 3 is 2.24 bits per heavy atom. The predicted molar refractivity (Wildman–Crippen MR) is 128 cm³/mol. The van der Waals surface area contributed by atoms with Crippen LogP contribution in [0, 0.1) is 11.8 Å². The Balaban J connectivity index is 1.29. The number of alkyl carbamates (subject to hydrolysis) is 1. The van der Waals surface area contributed by atoms with Crippen molar-refractivity contribution >= 4 is 18.0 Å². The Bertz CT molecular complexity index is 1020. The maximum absolute atomic E-state index is 12.6. The van der Waals surface area contributed by atoms with Crippen LogP contribution in [0.3, 0.4) is 0 Å². The average Bonchev–Trinajstić information content (AvgIpc) is 3.43. The van der Waals surface area contributed by atoms with Crippen molar-refractivity contribution in [2.75, 3.05) is 6.61 Å². The first-order valence-corrected chi connectivity index (χ1v) is 12.0. The number of carbonyl (C=O) groups excluding carboxylic acids is 2. The summed E-state index contributed by atoms with van der Waals surface area (Å²) in [6, 6.07) is 15.3. The molecule has 4 atom stereocenters. The minimum atomic E-state index is -1.02. The van der Waals surface area contributed by atoms with Gasteiger partial charge in [0.2, 0.25) is 5.91 Å². The molecule has 4 rings (SSSR count). The highest BCUT2D eigenvalue weighted by molar-refractivity contribution is 5.85. The monoisotopic (exact) mass is 464 g/mol. The topological polar surface area (TPSA) is 105 Å². The molecule has 2 aromatic carbocycles. The van der Waals surface area contributed by atoms with Crippen LogP contribution >= 0.6 is 0 Å². The van der Waals surface area contributed by atoms with Gasteiger partial charge in [-0.15, -0.1) is 0 Å². The molecule has 0 radical (unpaired) electrons. The summed E-state index contributed by atoms with van der Waals surface area (Å²) in [5, 5.41) is 15.0. The van der Waals surface area contributed by atoms with Crippen molar-refractivity contribution in [3.8, 4) is 11.1 Å². The highest BCUT2D eigenvalue weighted by Crippen LogP contribution is 2.44. The number of hydrogen-bond donors (Lipinski definition) is 3. The second-order valence-corrected chi connectivity index (χ2v) is 9.39. The fraction of sp³-hybridized carbons (Fsp3) is 0.444. The molecule has 1 fully saturated rings. The molecule has 7 heteroatoms. The number of rotatable bonds is 8. The van der Waals surface area contributed by atoms with Crippen LogP contribution in [-0.4, -0.2) is 41.8 Å². The SMILES string of the molecule is CC[C@H](C)[C@H](NC(=O)[C@@H]1CC[C@H](NC(=O)OCC2c3ccccc3-c3ccccc32)C1)C(=O)O. The van der Waals surface area contributed by atoms with Gasteiger partial charge in [0, 0.05) is 17.9 Å². The minimum Gasteiger partial charge on any atom is -0.480 e. The number of carbonyl (C=O) groups is 3. The molecule has 0 unspecified atom stereocenters. The number of aliphatic carboxylic acids is 1. The Morgan fingerprint density at radius 2 is 1.65 bits per heavy atom. The van der Waals surface area contributed by atoms with E-state index in [0.29, 0.717) is 25.7 Å². The van der Waals surface area contributed by atoms with Crippen LogP contribution in [0.1, 0.15) is 56.6 Å². The third kappa shape index (κ3) is 4.93. The molecule has 0 saturated heterocycles. The van der Waals surface area contributed by atoms with Gasteiger partial charge in [-0.3, -0.25) is 4.79 Å². The number of fused-ring (bicyclic) bond motifs is 3. The molecular weight excluding hydrogens is 432 g/mol. The molecule has 3 N–H and O–H groups in total. The van der Waals surface area contributed by atoms with Crippen molar-refractivity contribution in [2.24, 2.45) is 11.8 Å². The van der Waals surface area contributed by atoms with E-state index < -0.39 is 18.1 Å². The second kappa shape index (κ2) is 10.3. The van der Waals surface area contributed by atoms with E-state index in [4.69, 9.17) is 4.74 Å². The van der Waals surface area contributed by atoms with Crippen molar-refractivity contribution in [1.82, 2.24) is 10.6 Å². The lowest BCUT2D eigenvalue weighted by Gasteiger charge is -2.22. The summed E-state index contributed by atoms with van der Waals surface area (Å²) >= 11 is 0. The zero-order valence-electron chi connectivity index (χ0n) is 19.6. The van der Waals surface area contributed by atoms with E-state index in [2.05, 4.69) is 34.9 Å². The Kier molecular flexibility index (Phi) is 7.20. The van der Waals surface area contributed by atoms with Gasteiger partial charge in [-0.25, -0.2) is 9.59 Å². The zero-order chi connectivity index (χ0) is 24.2. The summed E-state index contributed by atoms with van der Waals surface area (Å²) in [6.07, 6.45) is 1.91. The summed E-state index contributed by atoms with van der Waals surface area (Å²) in [4.78, 5) is 36.7. The fourth-order valence-corrected chi connectivity index (χ4v) is 5.11. The highest BCUT2D eigenvalue weighted by Gasteiger charge is 2.35. The average molecular weight is 465 g/mol. The first-order valence-electron chi connectivity index (χ1n) is 12.0. The van der Waals surface area contributed by atoms with E-state index in [9.17, 15) is 19.5 Å². The quantitative estimate of drug-likeness (QED) is 0.540. The lowest BCUT2D eigenvalue weighted by molar-refractivity contribution is -0.144. The van der Waals surface area contributed by atoms with Crippen molar-refractivity contribution in [2.45, 2.75) is 57.5 Å². The molecule has 0 aliphatic heterocycles. The molecule has 2 aliphatic rings. The number of ether oxygens (including phenoxy) is 1. The standard InChI is InChI=1S/C27H32N2O5/c1-3-16(2)24(26(31)32)29-25(30)17-12-13-18(14-17)28-27(33)34-15-23-21-10-6-4-8-19(21)20-9-5-7-11-22(20)23/h4-11,16-18,23-24H,3,12-15H2,1-2H3,(H,28,33)(H,29,30)(H,31,32)/t16-,17+,18-,24-/m0/s1. The molecule has 2 aromatic rings. The maximum Gasteiger partial charge on any atom is 0.407 e. The van der Waals surface area contributed by atoms with Crippen LogP contribution in [0.4, 0.5) is 4.79 Å². The van der Waals surface area contributed by atoms with Gasteiger partial charge in [-0.2, -0.15) is 0 Å². The lowest BCUT2D eigenvalue weighted by atomic mass is 9.98. The van der Waals surface area contributed by atoms with Gasteiger partial charge >= 0.3 is 12.1 Å². The second-order valence-electron chi connectivity index (χ2n) is 9.39. The maximum atomic E-state index is 12.6. The molecule has 34 heavy (non-hydrogen) atoms. The predicted octanol–water partition coefficient (Wildman–Crippen LogP) is 4.31. The summed E-state index contributed by atoms with van der Waals surface area (Å²) in [5.74, 6) is -1.75. The van der Waals surface area contributed by atoms with Crippen molar-refractivity contribution in [3.63, 3.8) is 0 Å². The smallest absolute Gasteiger partial charge is 0.407 e. The van der Waals surface area contributed by atoms with E-state index in [0.717, 1.165) is 11.1 Å². The molecule has 0 heterocycles. The van der Waals surface area contributed by atoms with Gasteiger partial charge in [-0.1, -0.05) is 68.8 Å². The van der Waals surface area contributed by atoms with Gasteiger partial charge in [0.15, 0.2) is 0 Å². The van der Waals surface area contributed by atoms with Crippen LogP contribution in [0.15, 0.2) is 48.5 Å². The van der Waals surface area contributed by atoms with E-state index in [1.165, 1.54) is 11.1 Å². The van der Waals surface area contributed by atoms with Gasteiger partial charge < -0.3 is 20.5 Å². The molecule has 0 bridgehead atoms. The zero-order valence-corrected chi connectivity index (χ0v) is 19.6. The van der Waals surface area contributed by atoms with Crippen LogP contribution in [0.2, 0.25) is 0 Å². The largest absolute Gasteiger partial charge is 0.480 e. The molecule has 180 valence electrons. The molecule has 2 aliphatic carbocycles. The van der Waals surface area contributed by atoms with Gasteiger partial charge in [0.1, 0.15) is 12.6 Å². The van der Waals surface area contributed by atoms with E-state index >= 15 is 0 Å². The van der Waals surface area contributed by atoms with Crippen LogP contribution in [0.25, 0.3) is 11.1 Å². The molecule has 0 aromatic heterocycles. The minimum absolute atomic E-state index is 0.00578. The number of nitrogens with one attached hydrogen (secondary N) is 2. The van der Waals surface area contributed by atoms with Gasteiger partial charge in [-0.05, 0) is 47.4 Å². The fourth-order valence-electron chi connectivity index (χ4n) is 5.11. The van der Waals surface area contributed by atoms with Crippen molar-refractivity contribution in [3.05, 3.63) is 59.7 Å². The van der Waals surface area contributed by atoms with Crippen LogP contribution in [0.5, 0.6) is 0 Å². The molecule has 0 spiro atoms. The highest BCUT2D eigenvalue weighted by atomic mass is 16.5. The summed E-state index contributed by atoms with van der Waals surface area (Å²) in [6.45, 7) is 3.96. The van der Waals surface area contributed by atoms with Crippen LogP contribution < -0.4 is 10.6 Å². The van der Waals surface area contributed by atoms with Crippen molar-refractivity contribution < 1.29 is 24.2 Å². The number of hydrogen-bond acceptors (Lipinski definition) is 4. The summed E-state index contributed by atoms with van der Waals surface area (Å²) < 4.78 is 5.61. The first-order chi connectivity index (χ1) is 16.4. The molecule has 1 saturated carbocycles. The third-order valence-corrected chi connectivity index (χ3v) is 7.25. The number of carboxylic acid groups (broad SMARTS) is 1. The molecule has 2 amide bonds. The number of amides is 2. The Morgan fingerprint density at radius 1 is 1.03 bits per heavy atom. The number of carboxylic acids is 1. The first kappa shape index (κ1) is 23.8. The number of benzene rings is 2. The lowest BCUT2D eigenvalue weighted by Crippen LogP contribution is -2.47. The van der Waals surface area contributed by atoms with E-state index in [1.807, 2.05) is 38.1 Å². The summed E-state index contributed by atoms with van der Waals surface area (Å²) in [5.41, 5.74) is 4.66. The van der Waals surface area contributed by atoms with Gasteiger partial charge in [0.05, 0.1) is 0 Å². The van der Waals surface area contributed by atoms with Gasteiger partial charge in [0.25, 0.3) is 0 Å². The molecule has 7 nitrogen and oxygen atoms in total. The van der Waals surface area contributed by atoms with E-state index in [-0.39, 0.29) is 36.3 Å². The summed E-state index contributed by atoms with van der Waals surface area (Å²) in [7, 11) is 0. The Hall–Kier alpha value is -3.35. The van der Waals surface area contributed by atoms with E-state index in [1.54, 1.807) is 0 Å². The molecular formula is C27H32N2O5. The third-order valence-electron chi connectivity index (χ3n) is 7.25. The normalized spacial score (nSPS) is 20.6. The van der Waals surface area contributed by atoms with Crippen LogP contribution in [-0.2, 0) is 14.3 Å².